The van der Waals surface area contributed by atoms with Gasteiger partial charge in [0.15, 0.2) is 0 Å². The van der Waals surface area contributed by atoms with Gasteiger partial charge in [0, 0.05) is 17.6 Å². The number of aromatic nitrogens is 1. The molecule has 1 N–H and O–H groups in total. The summed E-state index contributed by atoms with van der Waals surface area (Å²) < 4.78 is 0. The van der Waals surface area contributed by atoms with Gasteiger partial charge in [0.1, 0.15) is 5.01 Å². The van der Waals surface area contributed by atoms with Crippen LogP contribution in [0.1, 0.15) is 38.1 Å². The summed E-state index contributed by atoms with van der Waals surface area (Å²) in [5.74, 6) is 2.60. The summed E-state index contributed by atoms with van der Waals surface area (Å²) in [5.41, 5.74) is 0.0703. The molecule has 1 aliphatic rings. The topological polar surface area (TPSA) is 24.9 Å². The third kappa shape index (κ3) is 2.79. The lowest BCUT2D eigenvalue weighted by molar-refractivity contribution is 0.292. The van der Waals surface area contributed by atoms with Crippen LogP contribution in [0.25, 0.3) is 0 Å². The van der Waals surface area contributed by atoms with E-state index in [1.165, 1.54) is 29.4 Å². The van der Waals surface area contributed by atoms with E-state index >= 15 is 0 Å². The van der Waals surface area contributed by atoms with Crippen molar-refractivity contribution in [3.8, 4) is 0 Å². The molecule has 0 spiro atoms. The predicted molar refractivity (Wildman–Crippen MR) is 73.2 cm³/mol. The third-order valence-corrected chi connectivity index (χ3v) is 5.44. The van der Waals surface area contributed by atoms with Crippen LogP contribution in [-0.2, 0) is 5.54 Å². The fraction of sp³-hybridized carbons (Fsp3) is 0.750. The maximum Gasteiger partial charge on any atom is 0.112 e. The van der Waals surface area contributed by atoms with Crippen molar-refractivity contribution >= 4 is 23.1 Å². The van der Waals surface area contributed by atoms with Gasteiger partial charge >= 0.3 is 0 Å². The molecule has 1 saturated heterocycles. The van der Waals surface area contributed by atoms with Gasteiger partial charge < -0.3 is 5.32 Å². The highest BCUT2D eigenvalue weighted by molar-refractivity contribution is 7.99. The number of thiazole rings is 1. The highest BCUT2D eigenvalue weighted by Crippen LogP contribution is 2.29. The monoisotopic (exact) mass is 256 g/mol. The minimum absolute atomic E-state index is 0.0703. The van der Waals surface area contributed by atoms with Crippen molar-refractivity contribution in [2.75, 3.05) is 11.5 Å². The number of thioether (sulfide) groups is 1. The van der Waals surface area contributed by atoms with Crippen molar-refractivity contribution in [3.05, 3.63) is 16.6 Å². The first-order valence-electron chi connectivity index (χ1n) is 6.00. The Morgan fingerprint density at radius 3 is 2.81 bits per heavy atom. The number of hydrogen-bond acceptors (Lipinski definition) is 4. The second-order valence-corrected chi connectivity index (χ2v) is 6.67. The second-order valence-electron chi connectivity index (χ2n) is 4.55. The fourth-order valence-electron chi connectivity index (χ4n) is 2.10. The molecule has 0 saturated carbocycles. The van der Waals surface area contributed by atoms with E-state index in [0.29, 0.717) is 6.04 Å². The molecule has 0 amide bonds. The Morgan fingerprint density at radius 2 is 2.25 bits per heavy atom. The average molecular weight is 256 g/mol. The van der Waals surface area contributed by atoms with E-state index in [4.69, 9.17) is 0 Å². The van der Waals surface area contributed by atoms with E-state index in [0.717, 1.165) is 6.42 Å². The first-order chi connectivity index (χ1) is 7.74. The molecule has 2 rings (SSSR count). The van der Waals surface area contributed by atoms with Crippen LogP contribution >= 0.6 is 23.1 Å². The average Bonchev–Trinajstić information content (AvgIpc) is 2.84. The van der Waals surface area contributed by atoms with Gasteiger partial charge in [-0.2, -0.15) is 11.8 Å². The van der Waals surface area contributed by atoms with Crippen molar-refractivity contribution in [1.82, 2.24) is 10.3 Å². The molecule has 16 heavy (non-hydrogen) atoms. The zero-order valence-corrected chi connectivity index (χ0v) is 11.7. The Hall–Kier alpha value is -0.0600. The third-order valence-electron chi connectivity index (χ3n) is 3.36. The van der Waals surface area contributed by atoms with E-state index in [1.807, 2.05) is 6.20 Å². The van der Waals surface area contributed by atoms with Crippen LogP contribution in [-0.4, -0.2) is 22.5 Å². The van der Waals surface area contributed by atoms with Gasteiger partial charge in [-0.05, 0) is 37.7 Å². The lowest BCUT2D eigenvalue weighted by Crippen LogP contribution is -2.46. The summed E-state index contributed by atoms with van der Waals surface area (Å²) in [6.45, 7) is 4.53. The van der Waals surface area contributed by atoms with Crippen LogP contribution in [0, 0.1) is 0 Å². The van der Waals surface area contributed by atoms with Gasteiger partial charge in [-0.15, -0.1) is 11.3 Å². The Kier molecular flexibility index (Phi) is 4.27. The summed E-state index contributed by atoms with van der Waals surface area (Å²) in [7, 11) is 0. The van der Waals surface area contributed by atoms with Crippen LogP contribution in [0.4, 0.5) is 0 Å². The zero-order valence-electron chi connectivity index (χ0n) is 10.0. The summed E-state index contributed by atoms with van der Waals surface area (Å²) in [6.07, 6.45) is 5.60. The lowest BCUT2D eigenvalue weighted by Gasteiger charge is -2.34. The van der Waals surface area contributed by atoms with E-state index in [9.17, 15) is 0 Å². The summed E-state index contributed by atoms with van der Waals surface area (Å²) in [5, 5.41) is 7.12. The Labute approximate surface area is 106 Å². The largest absolute Gasteiger partial charge is 0.303 e. The second kappa shape index (κ2) is 5.52. The maximum absolute atomic E-state index is 4.48. The Morgan fingerprint density at radius 1 is 1.50 bits per heavy atom. The van der Waals surface area contributed by atoms with Crippen LogP contribution in [0.3, 0.4) is 0 Å². The number of nitrogens with zero attached hydrogens (tertiary/aromatic N) is 1. The first kappa shape index (κ1) is 12.4. The van der Waals surface area contributed by atoms with Gasteiger partial charge in [0.05, 0.1) is 5.54 Å². The van der Waals surface area contributed by atoms with Crippen LogP contribution in [0.5, 0.6) is 0 Å². The molecule has 90 valence electrons. The Balaban J connectivity index is 2.03. The van der Waals surface area contributed by atoms with E-state index in [-0.39, 0.29) is 5.54 Å². The molecule has 0 aliphatic carbocycles. The van der Waals surface area contributed by atoms with Crippen LogP contribution in [0.15, 0.2) is 11.6 Å². The molecule has 2 nitrogen and oxygen atoms in total. The van der Waals surface area contributed by atoms with Gasteiger partial charge in [-0.25, -0.2) is 4.98 Å². The van der Waals surface area contributed by atoms with Crippen molar-refractivity contribution in [3.63, 3.8) is 0 Å². The molecule has 2 heterocycles. The molecular formula is C12H20N2S2. The molecule has 1 aromatic heterocycles. The standard InChI is InChI=1S/C12H20N2S2/c1-3-12(2,11-13-6-9-16-11)14-10-4-7-15-8-5-10/h6,9-10,14H,3-5,7-8H2,1-2H3. The normalized spacial score (nSPS) is 21.9. The number of rotatable bonds is 4. The van der Waals surface area contributed by atoms with Crippen molar-refractivity contribution in [1.29, 1.82) is 0 Å². The maximum atomic E-state index is 4.48. The summed E-state index contributed by atoms with van der Waals surface area (Å²) in [4.78, 5) is 4.48. The van der Waals surface area contributed by atoms with Gasteiger partial charge in [0.25, 0.3) is 0 Å². The number of hydrogen-bond donors (Lipinski definition) is 1. The zero-order chi connectivity index (χ0) is 11.4. The van der Waals surface area contributed by atoms with Crippen LogP contribution < -0.4 is 5.32 Å². The SMILES string of the molecule is CCC(C)(NC1CCSCC1)c1nccs1. The van der Waals surface area contributed by atoms with Crippen molar-refractivity contribution < 1.29 is 0 Å². The smallest absolute Gasteiger partial charge is 0.112 e. The molecular weight excluding hydrogens is 236 g/mol. The molecule has 0 bridgehead atoms. The van der Waals surface area contributed by atoms with Crippen LogP contribution in [0.2, 0.25) is 0 Å². The molecule has 1 fully saturated rings. The highest BCUT2D eigenvalue weighted by atomic mass is 32.2. The summed E-state index contributed by atoms with van der Waals surface area (Å²) >= 11 is 3.84. The van der Waals surface area contributed by atoms with E-state index < -0.39 is 0 Å². The van der Waals surface area contributed by atoms with Gasteiger partial charge in [-0.3, -0.25) is 0 Å². The van der Waals surface area contributed by atoms with Gasteiger partial charge in [-0.1, -0.05) is 6.92 Å². The predicted octanol–water partition coefficient (Wildman–Crippen LogP) is 3.25. The fourth-order valence-corrected chi connectivity index (χ4v) is 4.05. The van der Waals surface area contributed by atoms with E-state index in [2.05, 4.69) is 41.3 Å². The van der Waals surface area contributed by atoms with Gasteiger partial charge in [0.2, 0.25) is 0 Å². The minimum Gasteiger partial charge on any atom is -0.303 e. The lowest BCUT2D eigenvalue weighted by atomic mass is 9.97. The molecule has 0 radical (unpaired) electrons. The molecule has 1 aromatic rings. The highest BCUT2D eigenvalue weighted by Gasteiger charge is 2.30. The minimum atomic E-state index is 0.0703. The Bertz CT molecular complexity index is 307. The molecule has 1 aliphatic heterocycles. The molecule has 4 heteroatoms. The molecule has 1 unspecified atom stereocenters. The quantitative estimate of drug-likeness (QED) is 0.895. The summed E-state index contributed by atoms with van der Waals surface area (Å²) in [6, 6.07) is 0.676. The van der Waals surface area contributed by atoms with Crippen molar-refractivity contribution in [2.45, 2.75) is 44.7 Å². The molecule has 1 atom stereocenters. The van der Waals surface area contributed by atoms with E-state index in [1.54, 1.807) is 11.3 Å². The first-order valence-corrected chi connectivity index (χ1v) is 8.03. The van der Waals surface area contributed by atoms with Crippen molar-refractivity contribution in [2.24, 2.45) is 0 Å². The molecule has 0 aromatic carbocycles. The number of nitrogens with one attached hydrogen (secondary N) is 1.